The number of carbonyl (C=O) groups is 3. The predicted molar refractivity (Wildman–Crippen MR) is 51.7 cm³/mol. The summed E-state index contributed by atoms with van der Waals surface area (Å²) in [7, 11) is 1.20. The van der Waals surface area contributed by atoms with E-state index in [9.17, 15) is 14.4 Å². The summed E-state index contributed by atoms with van der Waals surface area (Å²) < 4.78 is 9.36. The fourth-order valence-corrected chi connectivity index (χ4v) is 0.882. The molecule has 1 aromatic rings. The molecule has 1 aromatic heterocycles. The summed E-state index contributed by atoms with van der Waals surface area (Å²) in [5, 5.41) is 8.29. The Balaban J connectivity index is 2.76. The third-order valence-corrected chi connectivity index (χ3v) is 1.62. The molecular weight excluding hydrogens is 216 g/mol. The first kappa shape index (κ1) is 11.7. The second-order valence-corrected chi connectivity index (χ2v) is 2.70. The molecule has 0 aromatic carbocycles. The molecule has 0 radical (unpaired) electrons. The van der Waals surface area contributed by atoms with Gasteiger partial charge in [0.15, 0.2) is 0 Å². The van der Waals surface area contributed by atoms with Crippen LogP contribution in [0.4, 0.5) is 0 Å². The number of ketones is 1. The smallest absolute Gasteiger partial charge is 0.376 e. The molecule has 1 rings (SSSR count). The Kier molecular flexibility index (Phi) is 3.60. The third kappa shape index (κ3) is 2.81. The van der Waals surface area contributed by atoms with Gasteiger partial charge in [0.1, 0.15) is 5.76 Å². The minimum Gasteiger partial charge on any atom is -0.475 e. The van der Waals surface area contributed by atoms with Crippen LogP contribution in [-0.4, -0.2) is 29.9 Å². The lowest BCUT2D eigenvalue weighted by Crippen LogP contribution is -2.08. The van der Waals surface area contributed by atoms with E-state index >= 15 is 0 Å². The van der Waals surface area contributed by atoms with Gasteiger partial charge in [0.25, 0.3) is 5.78 Å². The van der Waals surface area contributed by atoms with Gasteiger partial charge in [-0.3, -0.25) is 4.79 Å². The van der Waals surface area contributed by atoms with Gasteiger partial charge in [-0.15, -0.1) is 0 Å². The van der Waals surface area contributed by atoms with Crippen molar-refractivity contribution in [1.29, 1.82) is 0 Å². The minimum absolute atomic E-state index is 0.0232. The molecule has 0 saturated heterocycles. The van der Waals surface area contributed by atoms with Gasteiger partial charge in [-0.1, -0.05) is 0 Å². The van der Waals surface area contributed by atoms with Crippen LogP contribution >= 0.6 is 0 Å². The fraction of sp³-hybridized carbons (Fsp3) is 0.100. The summed E-state index contributed by atoms with van der Waals surface area (Å²) in [5.74, 6) is -3.11. The van der Waals surface area contributed by atoms with E-state index < -0.39 is 17.7 Å². The maximum absolute atomic E-state index is 11.0. The number of aliphatic carboxylic acids is 1. The van der Waals surface area contributed by atoms with Crippen LogP contribution in [0.25, 0.3) is 6.08 Å². The van der Waals surface area contributed by atoms with Gasteiger partial charge in [-0.2, -0.15) is 0 Å². The van der Waals surface area contributed by atoms with Crippen molar-refractivity contribution in [2.45, 2.75) is 0 Å². The van der Waals surface area contributed by atoms with Crippen molar-refractivity contribution in [3.8, 4) is 0 Å². The number of ether oxygens (including phenoxy) is 1. The number of rotatable bonds is 4. The van der Waals surface area contributed by atoms with E-state index in [1.807, 2.05) is 0 Å². The van der Waals surface area contributed by atoms with E-state index in [4.69, 9.17) is 9.52 Å². The first-order valence-corrected chi connectivity index (χ1v) is 4.18. The van der Waals surface area contributed by atoms with Gasteiger partial charge in [-0.05, 0) is 24.3 Å². The molecule has 6 nitrogen and oxygen atoms in total. The van der Waals surface area contributed by atoms with Crippen molar-refractivity contribution in [2.75, 3.05) is 7.11 Å². The van der Waals surface area contributed by atoms with Crippen LogP contribution in [0.3, 0.4) is 0 Å². The number of hydrogen-bond acceptors (Lipinski definition) is 5. The Labute approximate surface area is 90.1 Å². The van der Waals surface area contributed by atoms with Crippen LogP contribution < -0.4 is 0 Å². The zero-order valence-corrected chi connectivity index (χ0v) is 8.30. The molecule has 1 heterocycles. The van der Waals surface area contributed by atoms with Crippen molar-refractivity contribution in [3.63, 3.8) is 0 Å². The maximum Gasteiger partial charge on any atom is 0.376 e. The molecule has 0 amide bonds. The third-order valence-electron chi connectivity index (χ3n) is 1.62. The zero-order valence-electron chi connectivity index (χ0n) is 8.30. The molecule has 0 fully saturated rings. The molecule has 0 spiro atoms. The predicted octanol–water partition coefficient (Wildman–Crippen LogP) is 0.733. The van der Waals surface area contributed by atoms with Crippen LogP contribution in [0.5, 0.6) is 0 Å². The van der Waals surface area contributed by atoms with Crippen molar-refractivity contribution in [2.24, 2.45) is 0 Å². The Morgan fingerprint density at radius 2 is 2.06 bits per heavy atom. The normalized spacial score (nSPS) is 10.3. The molecule has 0 unspecified atom stereocenters. The molecule has 16 heavy (non-hydrogen) atoms. The lowest BCUT2D eigenvalue weighted by Gasteiger charge is -1.91. The number of carboxylic acid groups (broad SMARTS) is 1. The molecule has 0 saturated carbocycles. The second-order valence-electron chi connectivity index (χ2n) is 2.70. The van der Waals surface area contributed by atoms with Crippen molar-refractivity contribution < 1.29 is 28.6 Å². The summed E-state index contributed by atoms with van der Waals surface area (Å²) in [6, 6.07) is 2.77. The monoisotopic (exact) mass is 224 g/mol. The highest BCUT2D eigenvalue weighted by Gasteiger charge is 2.10. The summed E-state index contributed by atoms with van der Waals surface area (Å²) in [6.45, 7) is 0. The highest BCUT2D eigenvalue weighted by Crippen LogP contribution is 2.10. The Morgan fingerprint density at radius 3 is 2.62 bits per heavy atom. The Morgan fingerprint density at radius 1 is 1.38 bits per heavy atom. The first-order chi connectivity index (χ1) is 7.54. The highest BCUT2D eigenvalue weighted by atomic mass is 16.5. The minimum atomic E-state index is -1.56. The van der Waals surface area contributed by atoms with Gasteiger partial charge in [0.2, 0.25) is 5.76 Å². The van der Waals surface area contributed by atoms with E-state index in [0.29, 0.717) is 0 Å². The van der Waals surface area contributed by atoms with Gasteiger partial charge in [0, 0.05) is 0 Å². The van der Waals surface area contributed by atoms with E-state index in [0.717, 1.165) is 12.2 Å². The fourth-order valence-electron chi connectivity index (χ4n) is 0.882. The maximum atomic E-state index is 11.0. The Bertz CT molecular complexity index is 454. The summed E-state index contributed by atoms with van der Waals surface area (Å²) in [6.07, 6.45) is 1.99. The van der Waals surface area contributed by atoms with Gasteiger partial charge < -0.3 is 14.3 Å². The number of carbonyl (C=O) groups excluding carboxylic acids is 2. The molecule has 84 valence electrons. The number of methoxy groups -OCH3 is 1. The standard InChI is InChI=1S/C10H8O6/c1-15-10(14)8-5-3-6(16-8)2-4-7(11)9(12)13/h2-5H,1H3,(H,12,13)/b4-2+. The topological polar surface area (TPSA) is 93.8 Å². The number of carboxylic acids is 1. The van der Waals surface area contributed by atoms with Crippen LogP contribution in [-0.2, 0) is 14.3 Å². The molecule has 0 bridgehead atoms. The largest absolute Gasteiger partial charge is 0.475 e. The van der Waals surface area contributed by atoms with Crippen molar-refractivity contribution >= 4 is 23.8 Å². The molecule has 0 aliphatic heterocycles. The second kappa shape index (κ2) is 4.92. The SMILES string of the molecule is COC(=O)c1ccc(/C=C/C(=O)C(=O)O)o1. The van der Waals surface area contributed by atoms with Crippen LogP contribution in [0, 0.1) is 0 Å². The summed E-state index contributed by atoms with van der Waals surface area (Å²) in [5.41, 5.74) is 0. The van der Waals surface area contributed by atoms with Gasteiger partial charge in [-0.25, -0.2) is 9.59 Å². The number of esters is 1. The van der Waals surface area contributed by atoms with E-state index in [1.54, 1.807) is 0 Å². The molecule has 1 N–H and O–H groups in total. The zero-order chi connectivity index (χ0) is 12.1. The van der Waals surface area contributed by atoms with E-state index in [2.05, 4.69) is 4.74 Å². The molecule has 0 atom stereocenters. The first-order valence-electron chi connectivity index (χ1n) is 4.18. The Hall–Kier alpha value is -2.37. The molecular formula is C10H8O6. The van der Waals surface area contributed by atoms with Gasteiger partial charge >= 0.3 is 11.9 Å². The quantitative estimate of drug-likeness (QED) is 0.460. The van der Waals surface area contributed by atoms with Gasteiger partial charge in [0.05, 0.1) is 7.11 Å². The lowest BCUT2D eigenvalue weighted by molar-refractivity contribution is -0.146. The van der Waals surface area contributed by atoms with Crippen LogP contribution in [0.2, 0.25) is 0 Å². The highest BCUT2D eigenvalue weighted by molar-refractivity contribution is 6.38. The molecule has 6 heteroatoms. The average Bonchev–Trinajstić information content (AvgIpc) is 2.73. The number of hydrogen-bond donors (Lipinski definition) is 1. The van der Waals surface area contributed by atoms with Crippen LogP contribution in [0.15, 0.2) is 22.6 Å². The van der Waals surface area contributed by atoms with E-state index in [1.165, 1.54) is 19.2 Å². The van der Waals surface area contributed by atoms with Crippen LogP contribution in [0.1, 0.15) is 16.3 Å². The number of furan rings is 1. The summed E-state index contributed by atoms with van der Waals surface area (Å²) >= 11 is 0. The average molecular weight is 224 g/mol. The molecule has 0 aliphatic carbocycles. The van der Waals surface area contributed by atoms with Crippen molar-refractivity contribution in [3.05, 3.63) is 29.7 Å². The van der Waals surface area contributed by atoms with Crippen molar-refractivity contribution in [1.82, 2.24) is 0 Å². The summed E-state index contributed by atoms with van der Waals surface area (Å²) in [4.78, 5) is 31.8. The van der Waals surface area contributed by atoms with E-state index in [-0.39, 0.29) is 11.5 Å². The lowest BCUT2D eigenvalue weighted by atomic mass is 10.3. The molecule has 0 aliphatic rings.